The molecule has 0 aliphatic carbocycles. The number of hydrogen-bond donors (Lipinski definition) is 1. The molecule has 6 heteroatoms. The van der Waals surface area contributed by atoms with Crippen molar-refractivity contribution in [3.05, 3.63) is 18.5 Å². The molecule has 16 heavy (non-hydrogen) atoms. The van der Waals surface area contributed by atoms with Crippen molar-refractivity contribution >= 4 is 21.9 Å². The van der Waals surface area contributed by atoms with E-state index in [4.69, 9.17) is 0 Å². The van der Waals surface area contributed by atoms with E-state index in [0.717, 1.165) is 6.54 Å². The second-order valence-electron chi connectivity index (χ2n) is 3.53. The van der Waals surface area contributed by atoms with Gasteiger partial charge in [0.2, 0.25) is 0 Å². The first-order chi connectivity index (χ1) is 7.63. The number of rotatable bonds is 6. The van der Waals surface area contributed by atoms with Crippen LogP contribution in [0.3, 0.4) is 0 Å². The molecule has 0 spiro atoms. The smallest absolute Gasteiger partial charge is 0.320 e. The Kier molecular flexibility index (Phi) is 5.48. The first-order valence-electron chi connectivity index (χ1n) is 5.06. The van der Waals surface area contributed by atoms with Crippen LogP contribution >= 0.6 is 15.9 Å². The Bertz CT molecular complexity index is 316. The van der Waals surface area contributed by atoms with Gasteiger partial charge in [0.25, 0.3) is 0 Å². The summed E-state index contributed by atoms with van der Waals surface area (Å²) in [6.07, 6.45) is 3.65. The monoisotopic (exact) mass is 289 g/mol. The summed E-state index contributed by atoms with van der Waals surface area (Å²) in [5, 5.41) is 7.34. The number of carbonyl (C=O) groups excluding carboxylic acids is 1. The predicted octanol–water partition coefficient (Wildman–Crippen LogP) is 0.798. The molecule has 0 saturated heterocycles. The highest BCUT2D eigenvalue weighted by molar-refractivity contribution is 9.10. The molecule has 90 valence electrons. The van der Waals surface area contributed by atoms with Crippen LogP contribution in [-0.2, 0) is 16.1 Å². The molecule has 1 heterocycles. The maximum atomic E-state index is 11.1. The minimum atomic E-state index is -0.308. The van der Waals surface area contributed by atoms with Crippen LogP contribution in [0.5, 0.6) is 0 Å². The molecule has 0 amide bonds. The largest absolute Gasteiger partial charge is 0.468 e. The highest BCUT2D eigenvalue weighted by Gasteiger charge is 2.15. The highest BCUT2D eigenvalue weighted by Crippen LogP contribution is 2.01. The normalized spacial score (nSPS) is 14.4. The third-order valence-electron chi connectivity index (χ3n) is 2.12. The van der Waals surface area contributed by atoms with E-state index in [1.807, 2.05) is 23.9 Å². The zero-order chi connectivity index (χ0) is 12.0. The van der Waals surface area contributed by atoms with Gasteiger partial charge in [-0.25, -0.2) is 0 Å². The van der Waals surface area contributed by atoms with E-state index < -0.39 is 0 Å². The second kappa shape index (κ2) is 6.65. The van der Waals surface area contributed by atoms with Gasteiger partial charge < -0.3 is 10.1 Å². The lowest BCUT2D eigenvalue weighted by molar-refractivity contribution is -0.139. The molecule has 1 rings (SSSR count). The van der Waals surface area contributed by atoms with Crippen LogP contribution in [0.4, 0.5) is 0 Å². The molecule has 0 fully saturated rings. The summed E-state index contributed by atoms with van der Waals surface area (Å²) in [6, 6.07) is 2.12. The van der Waals surface area contributed by atoms with E-state index >= 15 is 0 Å². The van der Waals surface area contributed by atoms with Crippen LogP contribution in [0.2, 0.25) is 0 Å². The van der Waals surface area contributed by atoms with Crippen LogP contribution in [0.25, 0.3) is 0 Å². The fourth-order valence-corrected chi connectivity index (χ4v) is 1.64. The lowest BCUT2D eigenvalue weighted by Gasteiger charge is -2.15. The van der Waals surface area contributed by atoms with Crippen LogP contribution in [0, 0.1) is 0 Å². The number of nitrogens with zero attached hydrogens (tertiary/aromatic N) is 2. The summed E-state index contributed by atoms with van der Waals surface area (Å²) >= 11 is 3.25. The van der Waals surface area contributed by atoms with Crippen molar-refractivity contribution in [2.24, 2.45) is 0 Å². The van der Waals surface area contributed by atoms with Gasteiger partial charge in [0.05, 0.1) is 13.7 Å². The van der Waals surface area contributed by atoms with Crippen LogP contribution in [0.1, 0.15) is 6.92 Å². The molecule has 1 N–H and O–H groups in total. The Morgan fingerprint density at radius 1 is 1.69 bits per heavy atom. The Morgan fingerprint density at radius 3 is 3.00 bits per heavy atom. The molecule has 0 saturated carbocycles. The summed E-state index contributed by atoms with van der Waals surface area (Å²) in [6.45, 7) is 3.35. The number of methoxy groups -OCH3 is 1. The van der Waals surface area contributed by atoms with Crippen molar-refractivity contribution < 1.29 is 9.53 Å². The summed E-state index contributed by atoms with van der Waals surface area (Å²) in [5.74, 6) is -0.265. The number of aromatic nitrogens is 2. The minimum Gasteiger partial charge on any atom is -0.468 e. The van der Waals surface area contributed by atoms with Crippen molar-refractivity contribution in [1.82, 2.24) is 15.1 Å². The number of nitrogens with one attached hydrogen (secondary N) is 1. The van der Waals surface area contributed by atoms with E-state index in [1.165, 1.54) is 7.11 Å². The molecular weight excluding hydrogens is 274 g/mol. The minimum absolute atomic E-state index is 0.240. The Labute approximate surface area is 103 Å². The SMILES string of the molecule is COC(=O)C(Br)CNC(C)Cn1cccn1. The third kappa shape index (κ3) is 4.32. The molecular formula is C10H16BrN3O2. The lowest BCUT2D eigenvalue weighted by atomic mass is 10.3. The standard InChI is InChI=1S/C10H16BrN3O2/c1-8(7-14-5-3-4-13-14)12-6-9(11)10(15)16-2/h3-5,8-9,12H,6-7H2,1-2H3. The fraction of sp³-hybridized carbons (Fsp3) is 0.600. The number of esters is 1. The molecule has 1 aromatic heterocycles. The lowest BCUT2D eigenvalue weighted by Crippen LogP contribution is -2.37. The molecule has 1 aromatic rings. The van der Waals surface area contributed by atoms with Gasteiger partial charge in [-0.3, -0.25) is 9.48 Å². The molecule has 0 bridgehead atoms. The Hall–Kier alpha value is -0.880. The van der Waals surface area contributed by atoms with Crippen molar-refractivity contribution in [1.29, 1.82) is 0 Å². The quantitative estimate of drug-likeness (QED) is 0.622. The van der Waals surface area contributed by atoms with E-state index in [0.29, 0.717) is 6.54 Å². The molecule has 2 unspecified atom stereocenters. The molecule has 0 aliphatic rings. The first-order valence-corrected chi connectivity index (χ1v) is 5.97. The number of hydrogen-bond acceptors (Lipinski definition) is 4. The highest BCUT2D eigenvalue weighted by atomic mass is 79.9. The molecule has 5 nitrogen and oxygen atoms in total. The Morgan fingerprint density at radius 2 is 2.44 bits per heavy atom. The topological polar surface area (TPSA) is 56.1 Å². The molecule has 0 aromatic carbocycles. The van der Waals surface area contributed by atoms with E-state index in [1.54, 1.807) is 6.20 Å². The van der Waals surface area contributed by atoms with E-state index in [9.17, 15) is 4.79 Å². The summed E-state index contributed by atoms with van der Waals surface area (Å²) in [5.41, 5.74) is 0. The van der Waals surface area contributed by atoms with Crippen molar-refractivity contribution in [3.63, 3.8) is 0 Å². The fourth-order valence-electron chi connectivity index (χ4n) is 1.27. The summed E-state index contributed by atoms with van der Waals surface area (Å²) in [4.78, 5) is 10.8. The van der Waals surface area contributed by atoms with Crippen molar-refractivity contribution in [2.75, 3.05) is 13.7 Å². The van der Waals surface area contributed by atoms with E-state index in [2.05, 4.69) is 31.1 Å². The van der Waals surface area contributed by atoms with Gasteiger partial charge >= 0.3 is 5.97 Å². The number of ether oxygens (including phenoxy) is 1. The first kappa shape index (κ1) is 13.2. The summed E-state index contributed by atoms with van der Waals surface area (Å²) < 4.78 is 6.45. The Balaban J connectivity index is 2.24. The summed E-state index contributed by atoms with van der Waals surface area (Å²) in [7, 11) is 1.38. The van der Waals surface area contributed by atoms with Crippen molar-refractivity contribution in [3.8, 4) is 0 Å². The molecule has 0 radical (unpaired) electrons. The third-order valence-corrected chi connectivity index (χ3v) is 2.82. The van der Waals surface area contributed by atoms with Gasteiger partial charge in [-0.15, -0.1) is 0 Å². The zero-order valence-corrected chi connectivity index (χ0v) is 11.0. The van der Waals surface area contributed by atoms with Crippen LogP contribution < -0.4 is 5.32 Å². The van der Waals surface area contributed by atoms with Crippen LogP contribution in [-0.4, -0.2) is 40.3 Å². The van der Waals surface area contributed by atoms with E-state index in [-0.39, 0.29) is 16.8 Å². The second-order valence-corrected chi connectivity index (χ2v) is 4.63. The zero-order valence-electron chi connectivity index (χ0n) is 9.39. The number of carbonyl (C=O) groups is 1. The van der Waals surface area contributed by atoms with Crippen molar-refractivity contribution in [2.45, 2.75) is 24.3 Å². The molecule has 0 aliphatic heterocycles. The maximum absolute atomic E-state index is 11.1. The van der Waals surface area contributed by atoms with Gasteiger partial charge in [0, 0.05) is 25.0 Å². The van der Waals surface area contributed by atoms with Gasteiger partial charge in [-0.05, 0) is 13.0 Å². The predicted molar refractivity (Wildman–Crippen MR) is 64.4 cm³/mol. The van der Waals surface area contributed by atoms with Gasteiger partial charge in [0.15, 0.2) is 0 Å². The van der Waals surface area contributed by atoms with Gasteiger partial charge in [-0.1, -0.05) is 15.9 Å². The molecule has 2 atom stereocenters. The maximum Gasteiger partial charge on any atom is 0.320 e. The number of halogens is 1. The van der Waals surface area contributed by atoms with Gasteiger partial charge in [0.1, 0.15) is 4.83 Å². The average Bonchev–Trinajstić information content (AvgIpc) is 2.77. The average molecular weight is 290 g/mol. The van der Waals surface area contributed by atoms with Crippen LogP contribution in [0.15, 0.2) is 18.5 Å². The van der Waals surface area contributed by atoms with Gasteiger partial charge in [-0.2, -0.15) is 5.10 Å². The number of alkyl halides is 1.